The number of carbonyl (C=O) groups is 2. The van der Waals surface area contributed by atoms with Gasteiger partial charge in [-0.2, -0.15) is 0 Å². The van der Waals surface area contributed by atoms with Gasteiger partial charge in [0.05, 0.1) is 19.2 Å². The largest absolute Gasteiger partial charge is 0.497 e. The van der Waals surface area contributed by atoms with Gasteiger partial charge in [-0.3, -0.25) is 14.0 Å². The van der Waals surface area contributed by atoms with Gasteiger partial charge in [0.2, 0.25) is 5.82 Å². The Labute approximate surface area is 168 Å². The molecule has 0 fully saturated rings. The summed E-state index contributed by atoms with van der Waals surface area (Å²) in [5.41, 5.74) is 1.83. The lowest BCUT2D eigenvalue weighted by Crippen LogP contribution is -2.28. The fourth-order valence-corrected chi connectivity index (χ4v) is 2.94. The monoisotopic (exact) mass is 396 g/mol. The van der Waals surface area contributed by atoms with Crippen LogP contribution in [0.2, 0.25) is 0 Å². The van der Waals surface area contributed by atoms with Gasteiger partial charge >= 0.3 is 0 Å². The number of methoxy groups -OCH3 is 2. The Morgan fingerprint density at radius 1 is 1.03 bits per heavy atom. The molecule has 2 N–H and O–H groups in total. The zero-order valence-electron chi connectivity index (χ0n) is 16.5. The molecule has 1 aromatic carbocycles. The van der Waals surface area contributed by atoms with Crippen LogP contribution in [0, 0.1) is 0 Å². The number of hydrogen-bond acceptors (Lipinski definition) is 5. The molecular weight excluding hydrogens is 372 g/mol. The Kier molecular flexibility index (Phi) is 6.80. The number of nitrogens with one attached hydrogen (secondary N) is 2. The molecule has 0 atom stereocenters. The Bertz CT molecular complexity index is 999. The van der Waals surface area contributed by atoms with Crippen LogP contribution in [-0.4, -0.2) is 55.1 Å². The van der Waals surface area contributed by atoms with Crippen LogP contribution in [0.4, 0.5) is 0 Å². The van der Waals surface area contributed by atoms with Crippen molar-refractivity contribution in [2.75, 3.05) is 33.9 Å². The number of carbonyl (C=O) groups excluding carboxylic acids is 2. The second-order valence-electron chi connectivity index (χ2n) is 6.35. The van der Waals surface area contributed by atoms with Crippen LogP contribution in [0.5, 0.6) is 5.75 Å². The van der Waals surface area contributed by atoms with E-state index in [1.807, 2.05) is 24.3 Å². The summed E-state index contributed by atoms with van der Waals surface area (Å²) in [5, 5.41) is 5.60. The van der Waals surface area contributed by atoms with Gasteiger partial charge in [0.1, 0.15) is 5.75 Å². The second-order valence-corrected chi connectivity index (χ2v) is 6.35. The van der Waals surface area contributed by atoms with E-state index in [1.165, 1.54) is 0 Å². The van der Waals surface area contributed by atoms with Crippen LogP contribution >= 0.6 is 0 Å². The van der Waals surface area contributed by atoms with Gasteiger partial charge in [-0.05, 0) is 36.2 Å². The molecule has 152 valence electrons. The quantitative estimate of drug-likeness (QED) is 0.537. The molecule has 3 aromatic rings. The van der Waals surface area contributed by atoms with E-state index in [-0.39, 0.29) is 23.3 Å². The summed E-state index contributed by atoms with van der Waals surface area (Å²) < 4.78 is 11.8. The minimum Gasteiger partial charge on any atom is -0.497 e. The highest BCUT2D eigenvalue weighted by Crippen LogP contribution is 2.14. The van der Waals surface area contributed by atoms with E-state index in [2.05, 4.69) is 15.6 Å². The van der Waals surface area contributed by atoms with Gasteiger partial charge in [0.15, 0.2) is 5.69 Å². The number of rotatable bonds is 9. The Morgan fingerprint density at radius 2 is 1.86 bits per heavy atom. The van der Waals surface area contributed by atoms with Crippen molar-refractivity contribution in [2.24, 2.45) is 0 Å². The molecule has 8 nitrogen and oxygen atoms in total. The van der Waals surface area contributed by atoms with Crippen molar-refractivity contribution in [2.45, 2.75) is 6.42 Å². The fraction of sp³-hybridized carbons (Fsp3) is 0.286. The minimum atomic E-state index is -0.346. The lowest BCUT2D eigenvalue weighted by Gasteiger charge is -2.06. The van der Waals surface area contributed by atoms with E-state index >= 15 is 0 Å². The molecule has 0 aliphatic heterocycles. The lowest BCUT2D eigenvalue weighted by molar-refractivity contribution is 0.0934. The first-order valence-electron chi connectivity index (χ1n) is 9.29. The predicted molar refractivity (Wildman–Crippen MR) is 108 cm³/mol. The smallest absolute Gasteiger partial charge is 0.287 e. The molecule has 0 radical (unpaired) electrons. The van der Waals surface area contributed by atoms with E-state index in [1.54, 1.807) is 43.0 Å². The maximum absolute atomic E-state index is 12.7. The first-order valence-corrected chi connectivity index (χ1v) is 9.29. The van der Waals surface area contributed by atoms with Gasteiger partial charge in [-0.15, -0.1) is 0 Å². The van der Waals surface area contributed by atoms with Crippen molar-refractivity contribution in [3.8, 4) is 5.75 Å². The van der Waals surface area contributed by atoms with E-state index in [4.69, 9.17) is 9.47 Å². The minimum absolute atomic E-state index is 0.170. The zero-order valence-corrected chi connectivity index (χ0v) is 16.5. The summed E-state index contributed by atoms with van der Waals surface area (Å²) in [7, 11) is 3.18. The van der Waals surface area contributed by atoms with Crippen LogP contribution in [-0.2, 0) is 11.2 Å². The zero-order chi connectivity index (χ0) is 20.6. The van der Waals surface area contributed by atoms with Gasteiger partial charge in [0, 0.05) is 26.4 Å². The number of ether oxygens (including phenoxy) is 2. The van der Waals surface area contributed by atoms with Crippen molar-refractivity contribution >= 4 is 17.3 Å². The van der Waals surface area contributed by atoms with Crippen LogP contribution in [0.3, 0.4) is 0 Å². The fourth-order valence-electron chi connectivity index (χ4n) is 2.94. The third kappa shape index (κ3) is 4.91. The molecule has 2 amide bonds. The third-order valence-electron chi connectivity index (χ3n) is 4.39. The Balaban J connectivity index is 1.71. The summed E-state index contributed by atoms with van der Waals surface area (Å²) in [5.74, 6) is 0.256. The number of imidazole rings is 1. The first-order chi connectivity index (χ1) is 14.1. The number of pyridine rings is 1. The predicted octanol–water partition coefficient (Wildman–Crippen LogP) is 1.69. The van der Waals surface area contributed by atoms with Crippen molar-refractivity contribution in [3.05, 3.63) is 65.7 Å². The molecule has 3 rings (SSSR count). The summed E-state index contributed by atoms with van der Waals surface area (Å²) in [6, 6.07) is 13.0. The second kappa shape index (κ2) is 9.70. The Morgan fingerprint density at radius 3 is 2.66 bits per heavy atom. The number of amides is 2. The molecule has 0 bridgehead atoms. The molecule has 29 heavy (non-hydrogen) atoms. The highest BCUT2D eigenvalue weighted by molar-refractivity contribution is 6.02. The van der Waals surface area contributed by atoms with E-state index in [0.29, 0.717) is 31.6 Å². The molecular formula is C21H24N4O4. The molecule has 2 aromatic heterocycles. The normalized spacial score (nSPS) is 10.7. The van der Waals surface area contributed by atoms with E-state index in [9.17, 15) is 9.59 Å². The van der Waals surface area contributed by atoms with Crippen LogP contribution < -0.4 is 15.4 Å². The van der Waals surface area contributed by atoms with Crippen LogP contribution in [0.15, 0.2) is 48.7 Å². The molecule has 0 aliphatic carbocycles. The van der Waals surface area contributed by atoms with Gasteiger partial charge in [-0.25, -0.2) is 4.98 Å². The average Bonchev–Trinajstić information content (AvgIpc) is 3.14. The molecule has 0 spiro atoms. The van der Waals surface area contributed by atoms with Gasteiger partial charge in [-0.1, -0.05) is 18.2 Å². The summed E-state index contributed by atoms with van der Waals surface area (Å²) >= 11 is 0. The molecule has 8 heteroatoms. The summed E-state index contributed by atoms with van der Waals surface area (Å²) in [6.07, 6.45) is 2.36. The number of fused-ring (bicyclic) bond motifs is 1. The highest BCUT2D eigenvalue weighted by Gasteiger charge is 2.21. The first kappa shape index (κ1) is 20.3. The Hall–Kier alpha value is -3.39. The molecule has 0 unspecified atom stereocenters. The topological polar surface area (TPSA) is 94.0 Å². The average molecular weight is 396 g/mol. The van der Waals surface area contributed by atoms with Crippen molar-refractivity contribution < 1.29 is 19.1 Å². The van der Waals surface area contributed by atoms with Crippen molar-refractivity contribution in [3.63, 3.8) is 0 Å². The number of aromatic nitrogens is 2. The third-order valence-corrected chi connectivity index (χ3v) is 4.39. The molecule has 0 saturated carbocycles. The SMILES string of the molecule is COCCNC(=O)c1nc(C(=O)NCCc2cccc(OC)c2)n2ccccc12. The van der Waals surface area contributed by atoms with Crippen LogP contribution in [0.1, 0.15) is 26.7 Å². The van der Waals surface area contributed by atoms with Crippen molar-refractivity contribution in [1.29, 1.82) is 0 Å². The van der Waals surface area contributed by atoms with Gasteiger partial charge in [0.25, 0.3) is 11.8 Å². The van der Waals surface area contributed by atoms with E-state index in [0.717, 1.165) is 11.3 Å². The van der Waals surface area contributed by atoms with Crippen LogP contribution in [0.25, 0.3) is 5.52 Å². The molecule has 2 heterocycles. The maximum Gasteiger partial charge on any atom is 0.287 e. The molecule has 0 saturated heterocycles. The lowest BCUT2D eigenvalue weighted by atomic mass is 10.1. The molecule has 0 aliphatic rings. The van der Waals surface area contributed by atoms with E-state index < -0.39 is 0 Å². The van der Waals surface area contributed by atoms with Gasteiger partial charge < -0.3 is 20.1 Å². The number of hydrogen-bond donors (Lipinski definition) is 2. The maximum atomic E-state index is 12.7. The standard InChI is InChI=1S/C21H24N4O4/c1-28-13-11-23-20(26)18-17-8-3-4-12-25(17)19(24-18)21(27)22-10-9-15-6-5-7-16(14-15)29-2/h3-8,12,14H,9-11,13H2,1-2H3,(H,22,27)(H,23,26). The number of benzene rings is 1. The highest BCUT2D eigenvalue weighted by atomic mass is 16.5. The van der Waals surface area contributed by atoms with Crippen molar-refractivity contribution in [1.82, 2.24) is 20.0 Å². The number of nitrogens with zero attached hydrogens (tertiary/aromatic N) is 2. The summed E-state index contributed by atoms with van der Waals surface area (Å²) in [6.45, 7) is 1.20. The summed E-state index contributed by atoms with van der Waals surface area (Å²) in [4.78, 5) is 29.4.